The van der Waals surface area contributed by atoms with Crippen molar-refractivity contribution in [3.8, 4) is 0 Å². The van der Waals surface area contributed by atoms with Crippen LogP contribution in [0.5, 0.6) is 0 Å². The molecular formula is C13H12ClN7O2. The third-order valence-corrected chi connectivity index (χ3v) is 4.28. The Morgan fingerprint density at radius 3 is 3.00 bits per heavy atom. The van der Waals surface area contributed by atoms with Gasteiger partial charge in [-0.2, -0.15) is 0 Å². The summed E-state index contributed by atoms with van der Waals surface area (Å²) in [6, 6.07) is 1.65. The molecule has 1 aliphatic heterocycles. The highest BCUT2D eigenvalue weighted by molar-refractivity contribution is 6.29. The van der Waals surface area contributed by atoms with E-state index in [2.05, 4.69) is 20.2 Å². The summed E-state index contributed by atoms with van der Waals surface area (Å²) in [5.41, 5.74) is 2.05. The highest BCUT2D eigenvalue weighted by Crippen LogP contribution is 2.28. The van der Waals surface area contributed by atoms with Crippen molar-refractivity contribution in [1.82, 2.24) is 29.5 Å². The molecule has 0 aromatic carbocycles. The summed E-state index contributed by atoms with van der Waals surface area (Å²) in [4.78, 5) is 22.9. The van der Waals surface area contributed by atoms with Gasteiger partial charge in [0.25, 0.3) is 0 Å². The summed E-state index contributed by atoms with van der Waals surface area (Å²) in [7, 11) is 1.57. The first-order valence-electron chi connectivity index (χ1n) is 6.90. The van der Waals surface area contributed by atoms with Gasteiger partial charge in [0.15, 0.2) is 5.82 Å². The van der Waals surface area contributed by atoms with Crippen LogP contribution in [0.4, 0.5) is 10.6 Å². The van der Waals surface area contributed by atoms with Gasteiger partial charge in [0.1, 0.15) is 17.0 Å². The van der Waals surface area contributed by atoms with E-state index in [9.17, 15) is 4.79 Å². The number of carboxylic acid groups (broad SMARTS) is 1. The Hall–Kier alpha value is -2.68. The summed E-state index contributed by atoms with van der Waals surface area (Å²) in [6.45, 7) is 1.12. The number of hydrogen-bond donors (Lipinski definition) is 1. The standard InChI is InChI=1S/C13H12ClN7O2/c1-19(13(22)23)7-4-20(5-7)11-12-18-16-6-21(12)9-2-10(14)15-3-8(9)17-11/h2-3,6-7H,4-5H2,1H3,(H,22,23). The molecule has 3 aromatic heterocycles. The molecular weight excluding hydrogens is 322 g/mol. The summed E-state index contributed by atoms with van der Waals surface area (Å²) >= 11 is 5.95. The van der Waals surface area contributed by atoms with Crippen LogP contribution < -0.4 is 4.90 Å². The molecule has 1 aliphatic rings. The third kappa shape index (κ3) is 2.12. The number of rotatable bonds is 2. The quantitative estimate of drug-likeness (QED) is 0.701. The van der Waals surface area contributed by atoms with Gasteiger partial charge >= 0.3 is 6.09 Å². The van der Waals surface area contributed by atoms with E-state index < -0.39 is 6.09 Å². The Bertz CT molecular complexity index is 921. The van der Waals surface area contributed by atoms with Crippen LogP contribution in [0.25, 0.3) is 16.7 Å². The van der Waals surface area contributed by atoms with Gasteiger partial charge in [0.2, 0.25) is 5.65 Å². The van der Waals surface area contributed by atoms with Gasteiger partial charge in [-0.1, -0.05) is 11.6 Å². The van der Waals surface area contributed by atoms with Crippen LogP contribution in [0.2, 0.25) is 5.15 Å². The maximum absolute atomic E-state index is 11.0. The number of amides is 1. The van der Waals surface area contributed by atoms with E-state index in [1.165, 1.54) is 4.90 Å². The molecule has 0 aliphatic carbocycles. The second kappa shape index (κ2) is 4.92. The van der Waals surface area contributed by atoms with Crippen LogP contribution in [0.1, 0.15) is 0 Å². The second-order valence-corrected chi connectivity index (χ2v) is 5.80. The van der Waals surface area contributed by atoms with Gasteiger partial charge < -0.3 is 14.9 Å². The average Bonchev–Trinajstić information content (AvgIpc) is 2.95. The minimum Gasteiger partial charge on any atom is -0.465 e. The molecule has 4 rings (SSSR count). The molecule has 0 radical (unpaired) electrons. The van der Waals surface area contributed by atoms with Gasteiger partial charge in [-0.05, 0) is 0 Å². The first-order valence-corrected chi connectivity index (χ1v) is 7.28. The number of pyridine rings is 1. The average molecular weight is 334 g/mol. The third-order valence-electron chi connectivity index (χ3n) is 4.07. The maximum Gasteiger partial charge on any atom is 0.407 e. The van der Waals surface area contributed by atoms with Gasteiger partial charge in [-0.3, -0.25) is 4.40 Å². The lowest BCUT2D eigenvalue weighted by Gasteiger charge is -2.43. The second-order valence-electron chi connectivity index (χ2n) is 5.41. The Morgan fingerprint density at radius 2 is 2.26 bits per heavy atom. The van der Waals surface area contributed by atoms with E-state index in [1.807, 2.05) is 4.90 Å². The van der Waals surface area contributed by atoms with Crippen molar-refractivity contribution < 1.29 is 9.90 Å². The van der Waals surface area contributed by atoms with Crippen molar-refractivity contribution in [3.63, 3.8) is 0 Å². The van der Waals surface area contributed by atoms with E-state index >= 15 is 0 Å². The molecule has 1 saturated heterocycles. The number of anilines is 1. The summed E-state index contributed by atoms with van der Waals surface area (Å²) < 4.78 is 1.81. The first kappa shape index (κ1) is 13.9. The van der Waals surface area contributed by atoms with Crippen LogP contribution in [0.3, 0.4) is 0 Å². The van der Waals surface area contributed by atoms with Crippen molar-refractivity contribution in [3.05, 3.63) is 23.7 Å². The fourth-order valence-electron chi connectivity index (χ4n) is 2.66. The Labute approximate surface area is 135 Å². The Kier molecular flexibility index (Phi) is 2.98. The van der Waals surface area contributed by atoms with E-state index in [4.69, 9.17) is 16.7 Å². The van der Waals surface area contributed by atoms with Crippen LogP contribution in [0, 0.1) is 0 Å². The van der Waals surface area contributed by atoms with Crippen molar-refractivity contribution in [1.29, 1.82) is 0 Å². The van der Waals surface area contributed by atoms with Gasteiger partial charge in [0.05, 0.1) is 17.8 Å². The zero-order valence-electron chi connectivity index (χ0n) is 12.1. The largest absolute Gasteiger partial charge is 0.465 e. The number of halogens is 1. The maximum atomic E-state index is 11.0. The fraction of sp³-hybridized carbons (Fsp3) is 0.308. The van der Waals surface area contributed by atoms with E-state index in [-0.39, 0.29) is 6.04 Å². The van der Waals surface area contributed by atoms with Gasteiger partial charge in [-0.15, -0.1) is 10.2 Å². The molecule has 0 atom stereocenters. The number of carbonyl (C=O) groups is 1. The predicted molar refractivity (Wildman–Crippen MR) is 82.9 cm³/mol. The molecule has 3 aromatic rings. The monoisotopic (exact) mass is 333 g/mol. The fourth-order valence-corrected chi connectivity index (χ4v) is 2.81. The van der Waals surface area contributed by atoms with Gasteiger partial charge in [0, 0.05) is 26.2 Å². The molecule has 4 heterocycles. The van der Waals surface area contributed by atoms with E-state index in [0.29, 0.717) is 35.2 Å². The molecule has 1 fully saturated rings. The first-order chi connectivity index (χ1) is 11.0. The smallest absolute Gasteiger partial charge is 0.407 e. The summed E-state index contributed by atoms with van der Waals surface area (Å²) in [5.74, 6) is 0.661. The summed E-state index contributed by atoms with van der Waals surface area (Å²) in [6.07, 6.45) is 2.26. The van der Waals surface area contributed by atoms with Crippen molar-refractivity contribution >= 4 is 40.2 Å². The molecule has 118 valence electrons. The normalized spacial score (nSPS) is 15.1. The Morgan fingerprint density at radius 1 is 1.48 bits per heavy atom. The SMILES string of the molecule is CN(C(=O)O)C1CN(c2nc3cnc(Cl)cc3n3cnnc23)C1. The van der Waals surface area contributed by atoms with Crippen molar-refractivity contribution in [2.75, 3.05) is 25.0 Å². The number of aromatic nitrogens is 5. The zero-order valence-corrected chi connectivity index (χ0v) is 12.8. The molecule has 0 unspecified atom stereocenters. The van der Waals surface area contributed by atoms with Crippen LogP contribution in [-0.2, 0) is 0 Å². The number of fused-ring (bicyclic) bond motifs is 3. The minimum absolute atomic E-state index is 0.0590. The molecule has 23 heavy (non-hydrogen) atoms. The molecule has 10 heteroatoms. The minimum atomic E-state index is -0.937. The van der Waals surface area contributed by atoms with Crippen LogP contribution >= 0.6 is 11.6 Å². The van der Waals surface area contributed by atoms with Crippen LogP contribution in [-0.4, -0.2) is 66.8 Å². The highest BCUT2D eigenvalue weighted by Gasteiger charge is 2.34. The Balaban J connectivity index is 1.75. The van der Waals surface area contributed by atoms with E-state index in [0.717, 1.165) is 5.52 Å². The molecule has 1 N–H and O–H groups in total. The topological polar surface area (TPSA) is 99.8 Å². The predicted octanol–water partition coefficient (Wildman–Crippen LogP) is 1.12. The molecule has 1 amide bonds. The van der Waals surface area contributed by atoms with Crippen LogP contribution in [0.15, 0.2) is 18.6 Å². The number of likely N-dealkylation sites (N-methyl/N-ethyl adjacent to an activating group) is 1. The highest BCUT2D eigenvalue weighted by atomic mass is 35.5. The lowest BCUT2D eigenvalue weighted by Crippen LogP contribution is -2.60. The van der Waals surface area contributed by atoms with E-state index in [1.54, 1.807) is 30.0 Å². The molecule has 0 spiro atoms. The summed E-state index contributed by atoms with van der Waals surface area (Å²) in [5, 5.41) is 17.5. The number of nitrogens with zero attached hydrogens (tertiary/aromatic N) is 7. The van der Waals surface area contributed by atoms with Crippen molar-refractivity contribution in [2.24, 2.45) is 0 Å². The lowest BCUT2D eigenvalue weighted by atomic mass is 10.1. The lowest BCUT2D eigenvalue weighted by molar-refractivity contribution is 0.130. The zero-order chi connectivity index (χ0) is 16.1. The number of hydrogen-bond acceptors (Lipinski definition) is 6. The molecule has 0 bridgehead atoms. The molecule has 9 nitrogen and oxygen atoms in total. The molecule has 0 saturated carbocycles. The van der Waals surface area contributed by atoms with Crippen molar-refractivity contribution in [2.45, 2.75) is 6.04 Å². The van der Waals surface area contributed by atoms with Gasteiger partial charge in [-0.25, -0.2) is 14.8 Å².